The van der Waals surface area contributed by atoms with Gasteiger partial charge in [0.1, 0.15) is 12.1 Å². The third-order valence-corrected chi connectivity index (χ3v) is 3.13. The van der Waals surface area contributed by atoms with Crippen LogP contribution in [0.1, 0.15) is 26.2 Å². The van der Waals surface area contributed by atoms with Crippen molar-refractivity contribution in [3.63, 3.8) is 0 Å². The molecule has 0 heterocycles. The lowest BCUT2D eigenvalue weighted by Crippen LogP contribution is -2.54. The number of hydrogen-bond acceptors (Lipinski definition) is 7. The highest BCUT2D eigenvalue weighted by molar-refractivity contribution is 5.94. The molecule has 0 aliphatic heterocycles. The van der Waals surface area contributed by atoms with Gasteiger partial charge < -0.3 is 37.0 Å². The second-order valence-electron chi connectivity index (χ2n) is 5.56. The maximum Gasteiger partial charge on any atom is 0.326 e. The molecule has 3 atom stereocenters. The maximum absolute atomic E-state index is 12.1. The molecule has 27 heavy (non-hydrogen) atoms. The number of hydrogen-bond donors (Lipinski definition) is 7. The molecule has 152 valence electrons. The fraction of sp³-hybridized carbons (Fsp3) is 0.571. The van der Waals surface area contributed by atoms with Crippen molar-refractivity contribution in [2.75, 3.05) is 6.54 Å². The van der Waals surface area contributed by atoms with Gasteiger partial charge in [0.05, 0.1) is 19.0 Å². The third kappa shape index (κ3) is 10.4. The number of aliphatic carboxylic acids is 3. The van der Waals surface area contributed by atoms with Gasteiger partial charge in [-0.1, -0.05) is 0 Å². The molecule has 0 saturated carbocycles. The summed E-state index contributed by atoms with van der Waals surface area (Å²) < 4.78 is 0. The Morgan fingerprint density at radius 2 is 1.48 bits per heavy atom. The second kappa shape index (κ2) is 11.4. The molecule has 0 spiro atoms. The highest BCUT2D eigenvalue weighted by Gasteiger charge is 2.28. The van der Waals surface area contributed by atoms with Gasteiger partial charge >= 0.3 is 17.9 Å². The minimum absolute atomic E-state index is 0.436. The van der Waals surface area contributed by atoms with Crippen LogP contribution in [0.2, 0.25) is 0 Å². The Balaban J connectivity index is 4.94. The Hall–Kier alpha value is -3.22. The van der Waals surface area contributed by atoms with Crippen molar-refractivity contribution in [1.82, 2.24) is 16.0 Å². The zero-order valence-corrected chi connectivity index (χ0v) is 14.4. The number of nitrogens with one attached hydrogen (secondary N) is 3. The van der Waals surface area contributed by atoms with Crippen molar-refractivity contribution >= 4 is 35.6 Å². The third-order valence-electron chi connectivity index (χ3n) is 3.13. The molecule has 0 aromatic heterocycles. The average Bonchev–Trinajstić information content (AvgIpc) is 2.54. The fourth-order valence-electron chi connectivity index (χ4n) is 1.76. The van der Waals surface area contributed by atoms with E-state index in [4.69, 9.17) is 21.1 Å². The SMILES string of the molecule is CC(N)C(=O)NCC(=O)NC(CC(=O)O)C(=O)NC(CCC(=O)O)C(=O)O. The number of rotatable bonds is 12. The summed E-state index contributed by atoms with van der Waals surface area (Å²) in [7, 11) is 0. The standard InChI is InChI=1S/C14H22N4O9/c1-6(15)12(24)16-5-9(19)17-8(4-11(22)23)13(25)18-7(14(26)27)2-3-10(20)21/h6-8H,2-5,15H2,1H3,(H,16,24)(H,17,19)(H,18,25)(H,20,21)(H,22,23)(H,26,27). The van der Waals surface area contributed by atoms with Gasteiger partial charge in [-0.15, -0.1) is 0 Å². The van der Waals surface area contributed by atoms with Crippen LogP contribution in [-0.2, 0) is 28.8 Å². The van der Waals surface area contributed by atoms with E-state index < -0.39 is 79.6 Å². The van der Waals surface area contributed by atoms with Crippen LogP contribution >= 0.6 is 0 Å². The predicted molar refractivity (Wildman–Crippen MR) is 87.3 cm³/mol. The number of carboxylic acids is 3. The van der Waals surface area contributed by atoms with Crippen molar-refractivity contribution < 1.29 is 44.1 Å². The van der Waals surface area contributed by atoms with Crippen LogP contribution in [-0.4, -0.2) is 75.6 Å². The zero-order valence-electron chi connectivity index (χ0n) is 14.4. The summed E-state index contributed by atoms with van der Waals surface area (Å²) in [6.45, 7) is 0.794. The van der Waals surface area contributed by atoms with Crippen LogP contribution in [0, 0.1) is 0 Å². The summed E-state index contributed by atoms with van der Waals surface area (Å²) in [4.78, 5) is 67.7. The van der Waals surface area contributed by atoms with Crippen LogP contribution < -0.4 is 21.7 Å². The first-order chi connectivity index (χ1) is 12.4. The van der Waals surface area contributed by atoms with E-state index in [0.717, 1.165) is 0 Å². The molecular weight excluding hydrogens is 368 g/mol. The first-order valence-corrected chi connectivity index (χ1v) is 7.73. The summed E-state index contributed by atoms with van der Waals surface area (Å²) in [6.07, 6.45) is -1.84. The number of carboxylic acid groups (broad SMARTS) is 3. The van der Waals surface area contributed by atoms with E-state index >= 15 is 0 Å². The van der Waals surface area contributed by atoms with Gasteiger partial charge in [0.2, 0.25) is 17.7 Å². The second-order valence-corrected chi connectivity index (χ2v) is 5.56. The summed E-state index contributed by atoms with van der Waals surface area (Å²) >= 11 is 0. The summed E-state index contributed by atoms with van der Waals surface area (Å²) in [5.74, 6) is -6.92. The lowest BCUT2D eigenvalue weighted by atomic mass is 10.1. The molecule has 3 unspecified atom stereocenters. The van der Waals surface area contributed by atoms with Crippen LogP contribution in [0.25, 0.3) is 0 Å². The van der Waals surface area contributed by atoms with Gasteiger partial charge in [-0.3, -0.25) is 24.0 Å². The molecule has 0 aliphatic carbocycles. The summed E-state index contributed by atoms with van der Waals surface area (Å²) in [5, 5.41) is 32.6. The van der Waals surface area contributed by atoms with E-state index in [1.165, 1.54) is 6.92 Å². The van der Waals surface area contributed by atoms with Crippen molar-refractivity contribution in [2.24, 2.45) is 5.73 Å². The first-order valence-electron chi connectivity index (χ1n) is 7.73. The highest BCUT2D eigenvalue weighted by Crippen LogP contribution is 2.01. The molecule has 13 heteroatoms. The zero-order chi connectivity index (χ0) is 21.1. The van der Waals surface area contributed by atoms with Crippen LogP contribution in [0.15, 0.2) is 0 Å². The van der Waals surface area contributed by atoms with Crippen molar-refractivity contribution in [2.45, 2.75) is 44.3 Å². The van der Waals surface area contributed by atoms with Crippen LogP contribution in [0.4, 0.5) is 0 Å². The molecule has 0 aromatic rings. The Morgan fingerprint density at radius 1 is 0.889 bits per heavy atom. The van der Waals surface area contributed by atoms with E-state index in [9.17, 15) is 28.8 Å². The molecule has 0 rings (SSSR count). The highest BCUT2D eigenvalue weighted by atomic mass is 16.4. The molecule has 8 N–H and O–H groups in total. The molecule has 0 bridgehead atoms. The lowest BCUT2D eigenvalue weighted by molar-refractivity contribution is -0.144. The van der Waals surface area contributed by atoms with E-state index in [1.807, 2.05) is 5.32 Å². The van der Waals surface area contributed by atoms with E-state index in [-0.39, 0.29) is 0 Å². The van der Waals surface area contributed by atoms with E-state index in [0.29, 0.717) is 0 Å². The normalized spacial score (nSPS) is 13.6. The molecule has 0 fully saturated rings. The van der Waals surface area contributed by atoms with Crippen molar-refractivity contribution in [3.05, 3.63) is 0 Å². The maximum atomic E-state index is 12.1. The molecule has 0 aromatic carbocycles. The quantitative estimate of drug-likeness (QED) is 0.177. The van der Waals surface area contributed by atoms with Crippen LogP contribution in [0.3, 0.4) is 0 Å². The molecule has 0 radical (unpaired) electrons. The first kappa shape index (κ1) is 23.8. The van der Waals surface area contributed by atoms with Gasteiger partial charge in [-0.2, -0.15) is 0 Å². The minimum atomic E-state index is -1.63. The molecular formula is C14H22N4O9. The Kier molecular flexibility index (Phi) is 10.0. The number of carbonyl (C=O) groups excluding carboxylic acids is 3. The molecule has 0 saturated heterocycles. The van der Waals surface area contributed by atoms with Crippen molar-refractivity contribution in [3.8, 4) is 0 Å². The average molecular weight is 390 g/mol. The van der Waals surface area contributed by atoms with Gasteiger partial charge in [0.25, 0.3) is 0 Å². The molecule has 3 amide bonds. The predicted octanol–water partition coefficient (Wildman–Crippen LogP) is -3.16. The number of carbonyl (C=O) groups is 6. The van der Waals surface area contributed by atoms with Crippen molar-refractivity contribution in [1.29, 1.82) is 0 Å². The Bertz CT molecular complexity index is 605. The topological polar surface area (TPSA) is 225 Å². The number of nitrogens with two attached hydrogens (primary N) is 1. The van der Waals surface area contributed by atoms with Gasteiger partial charge in [0, 0.05) is 6.42 Å². The Labute approximate surface area is 153 Å². The van der Waals surface area contributed by atoms with Gasteiger partial charge in [0.15, 0.2) is 0 Å². The summed E-state index contributed by atoms with van der Waals surface area (Å²) in [6, 6.07) is -4.10. The Morgan fingerprint density at radius 3 is 1.93 bits per heavy atom. The summed E-state index contributed by atoms with van der Waals surface area (Å²) in [5.41, 5.74) is 5.29. The molecule has 0 aliphatic rings. The van der Waals surface area contributed by atoms with Crippen LogP contribution in [0.5, 0.6) is 0 Å². The monoisotopic (exact) mass is 390 g/mol. The lowest BCUT2D eigenvalue weighted by Gasteiger charge is -2.20. The smallest absolute Gasteiger partial charge is 0.326 e. The minimum Gasteiger partial charge on any atom is -0.481 e. The van der Waals surface area contributed by atoms with E-state index in [2.05, 4.69) is 10.6 Å². The number of amides is 3. The van der Waals surface area contributed by atoms with E-state index in [1.54, 1.807) is 0 Å². The fourth-order valence-corrected chi connectivity index (χ4v) is 1.76. The largest absolute Gasteiger partial charge is 0.481 e. The van der Waals surface area contributed by atoms with Gasteiger partial charge in [-0.05, 0) is 13.3 Å². The molecule has 13 nitrogen and oxygen atoms in total. The van der Waals surface area contributed by atoms with Gasteiger partial charge in [-0.25, -0.2) is 4.79 Å².